The van der Waals surface area contributed by atoms with Crippen LogP contribution < -0.4 is 10.2 Å². The van der Waals surface area contributed by atoms with E-state index in [2.05, 4.69) is 56.2 Å². The first kappa shape index (κ1) is 14.4. The molecule has 0 aromatic heterocycles. The van der Waals surface area contributed by atoms with Gasteiger partial charge in [0, 0.05) is 18.8 Å². The first-order chi connectivity index (χ1) is 8.93. The minimum atomic E-state index is 0.247. The summed E-state index contributed by atoms with van der Waals surface area (Å²) in [5.74, 6) is 0. The Morgan fingerprint density at radius 3 is 2.68 bits per heavy atom. The molecule has 0 amide bonds. The van der Waals surface area contributed by atoms with E-state index in [1.54, 1.807) is 0 Å². The van der Waals surface area contributed by atoms with Crippen molar-refractivity contribution in [3.63, 3.8) is 0 Å². The second kappa shape index (κ2) is 5.54. The fourth-order valence-electron chi connectivity index (χ4n) is 2.96. The number of hydrogen-bond donors (Lipinski definition) is 1. The average Bonchev–Trinajstić information content (AvgIpc) is 2.36. The van der Waals surface area contributed by atoms with E-state index in [1.807, 2.05) is 7.05 Å². The number of nitrogens with zero attached hydrogens (tertiary/aromatic N) is 1. The molecule has 0 saturated heterocycles. The van der Waals surface area contributed by atoms with Crippen molar-refractivity contribution in [2.75, 3.05) is 25.5 Å². The van der Waals surface area contributed by atoms with E-state index in [0.717, 1.165) is 6.54 Å². The fraction of sp³-hybridized carbons (Fsp3) is 0.647. The Balaban J connectivity index is 2.21. The molecular formula is C17H28N2. The molecule has 1 N–H and O–H groups in total. The second-order valence-corrected chi connectivity index (χ2v) is 6.79. The molecule has 0 spiro atoms. The molecular weight excluding hydrogens is 232 g/mol. The van der Waals surface area contributed by atoms with Crippen LogP contribution in [0.15, 0.2) is 18.2 Å². The lowest BCUT2D eigenvalue weighted by atomic mass is 9.84. The van der Waals surface area contributed by atoms with Crippen LogP contribution in [0.2, 0.25) is 0 Å². The first-order valence-electron chi connectivity index (χ1n) is 7.44. The minimum Gasteiger partial charge on any atom is -0.371 e. The highest BCUT2D eigenvalue weighted by atomic mass is 15.1. The van der Waals surface area contributed by atoms with Crippen molar-refractivity contribution >= 4 is 5.69 Å². The molecule has 0 fully saturated rings. The lowest BCUT2D eigenvalue weighted by molar-refractivity contribution is 0.508. The maximum Gasteiger partial charge on any atom is 0.0398 e. The van der Waals surface area contributed by atoms with Crippen LogP contribution in [0.5, 0.6) is 0 Å². The van der Waals surface area contributed by atoms with Gasteiger partial charge in [-0.25, -0.2) is 0 Å². The Morgan fingerprint density at radius 1 is 1.32 bits per heavy atom. The molecule has 2 rings (SSSR count). The summed E-state index contributed by atoms with van der Waals surface area (Å²) < 4.78 is 0. The highest BCUT2D eigenvalue weighted by Gasteiger charge is 2.24. The SMILES string of the molecule is CNCCC1CCc2cc(C(C)(C)C)ccc2N1C. The highest BCUT2D eigenvalue weighted by Crippen LogP contribution is 2.34. The van der Waals surface area contributed by atoms with Crippen molar-refractivity contribution in [1.82, 2.24) is 5.32 Å². The lowest BCUT2D eigenvalue weighted by Crippen LogP contribution is -2.38. The summed E-state index contributed by atoms with van der Waals surface area (Å²) in [4.78, 5) is 2.47. The van der Waals surface area contributed by atoms with Crippen LogP contribution in [0.1, 0.15) is 44.7 Å². The zero-order valence-electron chi connectivity index (χ0n) is 13.1. The monoisotopic (exact) mass is 260 g/mol. The van der Waals surface area contributed by atoms with Crippen molar-refractivity contribution in [2.45, 2.75) is 51.5 Å². The Morgan fingerprint density at radius 2 is 2.05 bits per heavy atom. The van der Waals surface area contributed by atoms with Gasteiger partial charge in [0.05, 0.1) is 0 Å². The first-order valence-corrected chi connectivity index (χ1v) is 7.44. The molecule has 19 heavy (non-hydrogen) atoms. The third-order valence-corrected chi connectivity index (χ3v) is 4.35. The molecule has 2 nitrogen and oxygen atoms in total. The molecule has 1 unspecified atom stereocenters. The molecule has 1 heterocycles. The standard InChI is InChI=1S/C17H28N2/c1-17(2,3)14-7-9-16-13(12-14)6-8-15(19(16)5)10-11-18-4/h7,9,12,15,18H,6,8,10-11H2,1-5H3. The number of hydrogen-bond acceptors (Lipinski definition) is 2. The molecule has 0 radical (unpaired) electrons. The van der Waals surface area contributed by atoms with Gasteiger partial charge in [0.1, 0.15) is 0 Å². The topological polar surface area (TPSA) is 15.3 Å². The third kappa shape index (κ3) is 3.11. The zero-order valence-corrected chi connectivity index (χ0v) is 13.1. The van der Waals surface area contributed by atoms with Crippen LogP contribution in [0.4, 0.5) is 5.69 Å². The predicted molar refractivity (Wildman–Crippen MR) is 84.2 cm³/mol. The van der Waals surface area contributed by atoms with Gasteiger partial charge in [-0.15, -0.1) is 0 Å². The molecule has 0 saturated carbocycles. The molecule has 2 heteroatoms. The Hall–Kier alpha value is -1.02. The van der Waals surface area contributed by atoms with Crippen LogP contribution in [0, 0.1) is 0 Å². The molecule has 0 bridgehead atoms. The van der Waals surface area contributed by atoms with Crippen molar-refractivity contribution in [1.29, 1.82) is 0 Å². The van der Waals surface area contributed by atoms with E-state index >= 15 is 0 Å². The quantitative estimate of drug-likeness (QED) is 0.896. The molecule has 1 aromatic carbocycles. The van der Waals surface area contributed by atoms with Crippen LogP contribution in [0.3, 0.4) is 0 Å². The van der Waals surface area contributed by atoms with E-state index in [-0.39, 0.29) is 5.41 Å². The van der Waals surface area contributed by atoms with Gasteiger partial charge in [-0.05, 0) is 55.5 Å². The van der Waals surface area contributed by atoms with E-state index < -0.39 is 0 Å². The number of benzene rings is 1. The average molecular weight is 260 g/mol. The number of aryl methyl sites for hydroxylation is 1. The summed E-state index contributed by atoms with van der Waals surface area (Å²) in [5.41, 5.74) is 4.65. The molecule has 106 valence electrons. The van der Waals surface area contributed by atoms with Crippen molar-refractivity contribution in [3.8, 4) is 0 Å². The van der Waals surface area contributed by atoms with Crippen LogP contribution in [-0.4, -0.2) is 26.7 Å². The van der Waals surface area contributed by atoms with Gasteiger partial charge in [0.2, 0.25) is 0 Å². The van der Waals surface area contributed by atoms with Gasteiger partial charge in [-0.3, -0.25) is 0 Å². The normalized spacial score (nSPS) is 19.4. The summed E-state index contributed by atoms with van der Waals surface area (Å²) in [6.07, 6.45) is 3.73. The number of anilines is 1. The Labute approximate surface area is 118 Å². The van der Waals surface area contributed by atoms with E-state index in [1.165, 1.54) is 36.1 Å². The van der Waals surface area contributed by atoms with Gasteiger partial charge >= 0.3 is 0 Å². The van der Waals surface area contributed by atoms with E-state index in [9.17, 15) is 0 Å². The molecule has 1 aromatic rings. The predicted octanol–water partition coefficient (Wildman–Crippen LogP) is 3.34. The molecule has 1 aliphatic heterocycles. The fourth-order valence-corrected chi connectivity index (χ4v) is 2.96. The Kier molecular flexibility index (Phi) is 4.19. The molecule has 1 aliphatic rings. The van der Waals surface area contributed by atoms with Gasteiger partial charge in [0.25, 0.3) is 0 Å². The highest BCUT2D eigenvalue weighted by molar-refractivity contribution is 5.57. The number of fused-ring (bicyclic) bond motifs is 1. The zero-order chi connectivity index (χ0) is 14.0. The third-order valence-electron chi connectivity index (χ3n) is 4.35. The Bertz CT molecular complexity index is 431. The van der Waals surface area contributed by atoms with Crippen LogP contribution in [-0.2, 0) is 11.8 Å². The maximum atomic E-state index is 3.26. The van der Waals surface area contributed by atoms with Gasteiger partial charge in [0.15, 0.2) is 0 Å². The van der Waals surface area contributed by atoms with Gasteiger partial charge in [-0.1, -0.05) is 32.9 Å². The number of rotatable bonds is 3. The minimum absolute atomic E-state index is 0.247. The van der Waals surface area contributed by atoms with Crippen molar-refractivity contribution < 1.29 is 0 Å². The van der Waals surface area contributed by atoms with E-state index in [4.69, 9.17) is 0 Å². The lowest BCUT2D eigenvalue weighted by Gasteiger charge is -2.37. The summed E-state index contributed by atoms with van der Waals surface area (Å²) in [6, 6.07) is 7.72. The van der Waals surface area contributed by atoms with E-state index in [0.29, 0.717) is 6.04 Å². The molecule has 1 atom stereocenters. The maximum absolute atomic E-state index is 3.26. The van der Waals surface area contributed by atoms with Crippen molar-refractivity contribution in [3.05, 3.63) is 29.3 Å². The summed E-state index contributed by atoms with van der Waals surface area (Å²) in [7, 11) is 4.28. The smallest absolute Gasteiger partial charge is 0.0398 e. The summed E-state index contributed by atoms with van der Waals surface area (Å²) in [5, 5.41) is 3.26. The van der Waals surface area contributed by atoms with Gasteiger partial charge in [-0.2, -0.15) is 0 Å². The number of nitrogens with one attached hydrogen (secondary N) is 1. The second-order valence-electron chi connectivity index (χ2n) is 6.79. The van der Waals surface area contributed by atoms with Crippen LogP contribution in [0.25, 0.3) is 0 Å². The summed E-state index contributed by atoms with van der Waals surface area (Å²) in [6.45, 7) is 7.97. The van der Waals surface area contributed by atoms with Crippen LogP contribution >= 0.6 is 0 Å². The van der Waals surface area contributed by atoms with Gasteiger partial charge < -0.3 is 10.2 Å². The largest absolute Gasteiger partial charge is 0.371 e. The van der Waals surface area contributed by atoms with Crippen molar-refractivity contribution in [2.24, 2.45) is 0 Å². The molecule has 0 aliphatic carbocycles. The summed E-state index contributed by atoms with van der Waals surface area (Å²) >= 11 is 0.